The summed E-state index contributed by atoms with van der Waals surface area (Å²) in [5.41, 5.74) is -1.78. The summed E-state index contributed by atoms with van der Waals surface area (Å²) in [6.07, 6.45) is -4.08. The molecule has 0 saturated heterocycles. The number of ether oxygens (including phenoxy) is 1. The van der Waals surface area contributed by atoms with Crippen molar-refractivity contribution in [2.75, 3.05) is 0 Å². The van der Waals surface area contributed by atoms with Gasteiger partial charge in [0.1, 0.15) is 5.60 Å². The van der Waals surface area contributed by atoms with E-state index in [1.54, 1.807) is 20.8 Å². The van der Waals surface area contributed by atoms with Gasteiger partial charge in [-0.2, -0.15) is 13.2 Å². The molecule has 1 fully saturated rings. The summed E-state index contributed by atoms with van der Waals surface area (Å²) < 4.78 is 46.0. The van der Waals surface area contributed by atoms with Crippen LogP contribution < -0.4 is 5.32 Å². The van der Waals surface area contributed by atoms with Crippen LogP contribution in [-0.2, 0) is 28.8 Å². The molecule has 0 aromatic heterocycles. The van der Waals surface area contributed by atoms with E-state index in [1.807, 2.05) is 0 Å². The Morgan fingerprint density at radius 3 is 2.48 bits per heavy atom. The number of halogens is 3. The second kappa shape index (κ2) is 7.35. The number of fused-ring (bicyclic) bond motifs is 1. The molecule has 2 aliphatic rings. The molecule has 1 aromatic rings. The van der Waals surface area contributed by atoms with E-state index in [-0.39, 0.29) is 35.6 Å². The highest BCUT2D eigenvalue weighted by atomic mass is 19.4. The summed E-state index contributed by atoms with van der Waals surface area (Å²) >= 11 is 0. The van der Waals surface area contributed by atoms with Gasteiger partial charge in [0, 0.05) is 25.1 Å². The molecular formula is C20H23F3N2O4. The van der Waals surface area contributed by atoms with Gasteiger partial charge in [-0.05, 0) is 56.9 Å². The van der Waals surface area contributed by atoms with Crippen LogP contribution >= 0.6 is 0 Å². The lowest BCUT2D eigenvalue weighted by Crippen LogP contribution is -2.44. The van der Waals surface area contributed by atoms with Crippen molar-refractivity contribution in [1.82, 2.24) is 10.2 Å². The number of ketones is 1. The molecule has 1 saturated carbocycles. The number of nitrogens with zero attached hydrogens (tertiary/aromatic N) is 1. The first-order chi connectivity index (χ1) is 13.4. The summed E-state index contributed by atoms with van der Waals surface area (Å²) in [6.45, 7) is 4.55. The standard InChI is InChI=1S/C20H23F3N2O4/c1-19(2,3)29-18(28)25(15-5-4-6-16(15)26)10-11-7-12-13(9-24-17(12)27)14(8-11)20(21,22)23/h7-8,15H,4-6,9-10H2,1-3H3,(H,24,27). The van der Waals surface area contributed by atoms with E-state index in [2.05, 4.69) is 5.32 Å². The highest BCUT2D eigenvalue weighted by molar-refractivity contribution is 5.99. The summed E-state index contributed by atoms with van der Waals surface area (Å²) in [5.74, 6) is -0.737. The van der Waals surface area contributed by atoms with Crippen LogP contribution in [0.15, 0.2) is 12.1 Å². The predicted octanol–water partition coefficient (Wildman–Crippen LogP) is 3.81. The Hall–Kier alpha value is -2.58. The monoisotopic (exact) mass is 412 g/mol. The van der Waals surface area contributed by atoms with Crippen molar-refractivity contribution in [3.63, 3.8) is 0 Å². The SMILES string of the molecule is CC(C)(C)OC(=O)N(Cc1cc2c(c(C(F)(F)F)c1)CNC2=O)C1CCCC1=O. The Bertz CT molecular complexity index is 859. The smallest absolute Gasteiger partial charge is 0.416 e. The molecule has 0 bridgehead atoms. The van der Waals surface area contributed by atoms with Gasteiger partial charge in [-0.25, -0.2) is 4.79 Å². The second-order valence-electron chi connectivity index (χ2n) is 8.33. The molecule has 0 spiro atoms. The van der Waals surface area contributed by atoms with E-state index < -0.39 is 35.4 Å². The van der Waals surface area contributed by atoms with E-state index in [4.69, 9.17) is 4.74 Å². The van der Waals surface area contributed by atoms with Crippen LogP contribution in [0.25, 0.3) is 0 Å². The quantitative estimate of drug-likeness (QED) is 0.819. The number of carbonyl (C=O) groups is 3. The van der Waals surface area contributed by atoms with Crippen LogP contribution in [0.5, 0.6) is 0 Å². The molecular weight excluding hydrogens is 389 g/mol. The number of rotatable bonds is 3. The molecule has 0 radical (unpaired) electrons. The molecule has 1 aromatic carbocycles. The first-order valence-corrected chi connectivity index (χ1v) is 9.40. The van der Waals surface area contributed by atoms with Gasteiger partial charge in [0.05, 0.1) is 11.6 Å². The molecule has 1 atom stereocenters. The van der Waals surface area contributed by atoms with Crippen molar-refractivity contribution in [1.29, 1.82) is 0 Å². The minimum absolute atomic E-state index is 0.0586. The third-order valence-corrected chi connectivity index (χ3v) is 4.91. The minimum atomic E-state index is -4.65. The molecule has 2 amide bonds. The van der Waals surface area contributed by atoms with Gasteiger partial charge < -0.3 is 10.1 Å². The third kappa shape index (κ3) is 4.54. The Labute approximate surface area is 166 Å². The van der Waals surface area contributed by atoms with Gasteiger partial charge in [0.2, 0.25) is 0 Å². The van der Waals surface area contributed by atoms with Crippen LogP contribution in [0.3, 0.4) is 0 Å². The summed E-state index contributed by atoms with van der Waals surface area (Å²) in [5, 5.41) is 2.40. The van der Waals surface area contributed by atoms with Gasteiger partial charge in [-0.1, -0.05) is 0 Å². The second-order valence-corrected chi connectivity index (χ2v) is 8.33. The maximum Gasteiger partial charge on any atom is 0.416 e. The summed E-state index contributed by atoms with van der Waals surface area (Å²) in [6, 6.07) is 1.54. The van der Waals surface area contributed by atoms with Gasteiger partial charge in [0.25, 0.3) is 5.91 Å². The average molecular weight is 412 g/mol. The zero-order chi connectivity index (χ0) is 21.6. The summed E-state index contributed by atoms with van der Waals surface area (Å²) in [7, 11) is 0. The lowest BCUT2D eigenvalue weighted by molar-refractivity contribution is -0.138. The molecule has 1 N–H and O–H groups in total. The topological polar surface area (TPSA) is 75.7 Å². The highest BCUT2D eigenvalue weighted by Crippen LogP contribution is 2.36. The number of hydrogen-bond acceptors (Lipinski definition) is 4. The van der Waals surface area contributed by atoms with Crippen molar-refractivity contribution >= 4 is 17.8 Å². The number of alkyl halides is 3. The summed E-state index contributed by atoms with van der Waals surface area (Å²) in [4.78, 5) is 38.1. The molecule has 29 heavy (non-hydrogen) atoms. The Morgan fingerprint density at radius 1 is 1.24 bits per heavy atom. The van der Waals surface area contributed by atoms with Gasteiger partial charge in [-0.3, -0.25) is 14.5 Å². The number of benzene rings is 1. The largest absolute Gasteiger partial charge is 0.444 e. The molecule has 9 heteroatoms. The van der Waals surface area contributed by atoms with Crippen molar-refractivity contribution in [3.8, 4) is 0 Å². The first-order valence-electron chi connectivity index (χ1n) is 9.40. The fourth-order valence-electron chi connectivity index (χ4n) is 3.68. The number of hydrogen-bond donors (Lipinski definition) is 1. The van der Waals surface area contributed by atoms with Crippen LogP contribution in [0, 0.1) is 0 Å². The lowest BCUT2D eigenvalue weighted by atomic mass is 9.98. The Morgan fingerprint density at radius 2 is 1.93 bits per heavy atom. The molecule has 6 nitrogen and oxygen atoms in total. The van der Waals surface area contributed by atoms with Gasteiger partial charge in [0.15, 0.2) is 5.78 Å². The van der Waals surface area contributed by atoms with Gasteiger partial charge in [-0.15, -0.1) is 0 Å². The predicted molar refractivity (Wildman–Crippen MR) is 97.0 cm³/mol. The molecule has 1 aliphatic carbocycles. The van der Waals surface area contributed by atoms with Crippen molar-refractivity contribution in [3.05, 3.63) is 34.4 Å². The molecule has 1 unspecified atom stereocenters. The Balaban J connectivity index is 1.99. The van der Waals surface area contributed by atoms with Crippen molar-refractivity contribution in [2.45, 2.75) is 70.9 Å². The van der Waals surface area contributed by atoms with E-state index in [0.29, 0.717) is 19.3 Å². The van der Waals surface area contributed by atoms with E-state index in [1.165, 1.54) is 11.0 Å². The van der Waals surface area contributed by atoms with Crippen LogP contribution in [0.1, 0.15) is 67.1 Å². The van der Waals surface area contributed by atoms with Gasteiger partial charge >= 0.3 is 12.3 Å². The normalized spacial score (nSPS) is 19.2. The van der Waals surface area contributed by atoms with Crippen LogP contribution in [0.4, 0.5) is 18.0 Å². The first kappa shape index (κ1) is 21.1. The Kier molecular flexibility index (Phi) is 5.36. The lowest BCUT2D eigenvalue weighted by Gasteiger charge is -2.31. The average Bonchev–Trinajstić information content (AvgIpc) is 3.16. The maximum absolute atomic E-state index is 13.5. The van der Waals surface area contributed by atoms with Crippen molar-refractivity contribution < 1.29 is 32.3 Å². The molecule has 158 valence electrons. The molecule has 1 heterocycles. The number of carbonyl (C=O) groups excluding carboxylic acids is 3. The van der Waals surface area contributed by atoms with E-state index in [9.17, 15) is 27.6 Å². The zero-order valence-corrected chi connectivity index (χ0v) is 16.5. The maximum atomic E-state index is 13.5. The minimum Gasteiger partial charge on any atom is -0.444 e. The molecule has 1 aliphatic heterocycles. The zero-order valence-electron chi connectivity index (χ0n) is 16.5. The number of nitrogens with one attached hydrogen (secondary N) is 1. The van der Waals surface area contributed by atoms with E-state index >= 15 is 0 Å². The van der Waals surface area contributed by atoms with Crippen LogP contribution in [0.2, 0.25) is 0 Å². The van der Waals surface area contributed by atoms with Crippen molar-refractivity contribution in [2.24, 2.45) is 0 Å². The fraction of sp³-hybridized carbons (Fsp3) is 0.550. The third-order valence-electron chi connectivity index (χ3n) is 4.91. The van der Waals surface area contributed by atoms with Crippen LogP contribution in [-0.4, -0.2) is 34.3 Å². The fourth-order valence-corrected chi connectivity index (χ4v) is 3.68. The number of Topliss-reactive ketones (excluding diaryl/α,β-unsaturated/α-hetero) is 1. The molecule has 3 rings (SSSR count). The van der Waals surface area contributed by atoms with E-state index in [0.717, 1.165) is 6.07 Å². The highest BCUT2D eigenvalue weighted by Gasteiger charge is 2.39. The number of amides is 2.